The summed E-state index contributed by atoms with van der Waals surface area (Å²) in [6.45, 7) is 7.51. The molecule has 108 valence electrons. The highest BCUT2D eigenvalue weighted by molar-refractivity contribution is 7.14. The molecule has 2 rings (SSSR count). The third kappa shape index (κ3) is 4.06. The molecule has 1 N–H and O–H groups in total. The van der Waals surface area contributed by atoms with E-state index in [1.54, 1.807) is 6.07 Å². The highest BCUT2D eigenvalue weighted by Crippen LogP contribution is 2.23. The minimum Gasteiger partial charge on any atom is -0.317 e. The molecule has 1 aromatic rings. The molecule has 1 amide bonds. The van der Waals surface area contributed by atoms with Crippen molar-refractivity contribution < 1.29 is 4.79 Å². The first-order valence-corrected chi connectivity index (χ1v) is 7.96. The summed E-state index contributed by atoms with van der Waals surface area (Å²) in [5.74, 6) is 1.42. The van der Waals surface area contributed by atoms with Crippen LogP contribution in [0.25, 0.3) is 0 Å². The number of rotatable bonds is 4. The molecule has 20 heavy (non-hydrogen) atoms. The Balaban J connectivity index is 1.79. The quantitative estimate of drug-likeness (QED) is 0.928. The molecule has 5 heteroatoms. The maximum Gasteiger partial charge on any atom is 0.226 e. The van der Waals surface area contributed by atoms with Crippen LogP contribution in [-0.2, 0) is 4.79 Å². The van der Waals surface area contributed by atoms with Crippen molar-refractivity contribution in [3.63, 3.8) is 0 Å². The van der Waals surface area contributed by atoms with Crippen molar-refractivity contribution in [2.45, 2.75) is 26.7 Å². The Morgan fingerprint density at radius 2 is 2.20 bits per heavy atom. The van der Waals surface area contributed by atoms with Crippen LogP contribution in [0.4, 0.5) is 5.00 Å². The van der Waals surface area contributed by atoms with Crippen molar-refractivity contribution in [1.82, 2.24) is 4.90 Å². The third-order valence-electron chi connectivity index (χ3n) is 3.64. The number of piperidine rings is 1. The van der Waals surface area contributed by atoms with E-state index < -0.39 is 0 Å². The molecule has 1 saturated heterocycles. The number of carbonyl (C=O) groups excluding carboxylic acids is 1. The second kappa shape index (κ2) is 6.87. The average molecular weight is 291 g/mol. The summed E-state index contributed by atoms with van der Waals surface area (Å²) in [5, 5.41) is 14.2. The van der Waals surface area contributed by atoms with Gasteiger partial charge in [-0.05, 0) is 29.7 Å². The van der Waals surface area contributed by atoms with Crippen LogP contribution in [0.2, 0.25) is 0 Å². The zero-order valence-corrected chi connectivity index (χ0v) is 12.9. The average Bonchev–Trinajstić information content (AvgIpc) is 2.82. The number of nitrogens with one attached hydrogen (secondary N) is 1. The minimum atomic E-state index is -0.00479. The number of nitriles is 1. The van der Waals surface area contributed by atoms with E-state index in [0.29, 0.717) is 28.8 Å². The Hall–Kier alpha value is -1.38. The summed E-state index contributed by atoms with van der Waals surface area (Å²) < 4.78 is 0. The van der Waals surface area contributed by atoms with E-state index in [1.165, 1.54) is 17.8 Å². The number of nitrogens with zero attached hydrogens (tertiary/aromatic N) is 2. The van der Waals surface area contributed by atoms with Crippen LogP contribution in [0.15, 0.2) is 11.4 Å². The number of amides is 1. The zero-order chi connectivity index (χ0) is 14.5. The normalized spacial score (nSPS) is 23.2. The van der Waals surface area contributed by atoms with Crippen molar-refractivity contribution in [2.24, 2.45) is 11.8 Å². The second-order valence-corrected chi connectivity index (χ2v) is 6.70. The van der Waals surface area contributed by atoms with Gasteiger partial charge in [-0.15, -0.1) is 11.3 Å². The number of hydrogen-bond donors (Lipinski definition) is 1. The largest absolute Gasteiger partial charge is 0.317 e. The van der Waals surface area contributed by atoms with Crippen LogP contribution in [-0.4, -0.2) is 30.4 Å². The smallest absolute Gasteiger partial charge is 0.226 e. The molecule has 4 nitrogen and oxygen atoms in total. The first-order chi connectivity index (χ1) is 9.58. The van der Waals surface area contributed by atoms with Crippen molar-refractivity contribution in [3.05, 3.63) is 17.0 Å². The first kappa shape index (κ1) is 15.0. The molecule has 0 bridgehead atoms. The molecule has 0 aromatic carbocycles. The first-order valence-electron chi connectivity index (χ1n) is 7.08. The van der Waals surface area contributed by atoms with E-state index >= 15 is 0 Å². The van der Waals surface area contributed by atoms with Gasteiger partial charge in [-0.2, -0.15) is 5.26 Å². The van der Waals surface area contributed by atoms with E-state index in [1.807, 2.05) is 5.38 Å². The molecule has 2 atom stereocenters. The lowest BCUT2D eigenvalue weighted by molar-refractivity contribution is -0.116. The van der Waals surface area contributed by atoms with Gasteiger partial charge in [-0.3, -0.25) is 4.79 Å². The van der Waals surface area contributed by atoms with Gasteiger partial charge in [0.15, 0.2) is 0 Å². The Morgan fingerprint density at radius 3 is 2.85 bits per heavy atom. The monoisotopic (exact) mass is 291 g/mol. The molecule has 2 unspecified atom stereocenters. The zero-order valence-electron chi connectivity index (χ0n) is 12.1. The number of hydrogen-bond acceptors (Lipinski definition) is 4. The van der Waals surface area contributed by atoms with Gasteiger partial charge in [0.25, 0.3) is 0 Å². The minimum absolute atomic E-state index is 0.00479. The van der Waals surface area contributed by atoms with Crippen LogP contribution < -0.4 is 5.32 Å². The fourth-order valence-corrected chi connectivity index (χ4v) is 3.67. The van der Waals surface area contributed by atoms with Crippen molar-refractivity contribution in [1.29, 1.82) is 5.26 Å². The Bertz CT molecular complexity index is 495. The van der Waals surface area contributed by atoms with Gasteiger partial charge in [0.1, 0.15) is 11.1 Å². The fraction of sp³-hybridized carbons (Fsp3) is 0.600. The van der Waals surface area contributed by atoms with Crippen LogP contribution in [0.3, 0.4) is 0 Å². The molecule has 0 radical (unpaired) electrons. The SMILES string of the molecule is CC1CC(C)CN(CCC(=O)Nc2sccc2C#N)C1. The van der Waals surface area contributed by atoms with Crippen LogP contribution in [0.5, 0.6) is 0 Å². The number of thiophene rings is 1. The summed E-state index contributed by atoms with van der Waals surface area (Å²) in [4.78, 5) is 14.3. The number of anilines is 1. The van der Waals surface area contributed by atoms with Crippen LogP contribution in [0.1, 0.15) is 32.3 Å². The molecule has 1 aromatic heterocycles. The molecule has 0 spiro atoms. The van der Waals surface area contributed by atoms with E-state index in [0.717, 1.165) is 19.6 Å². The molecule has 1 aliphatic heterocycles. The van der Waals surface area contributed by atoms with Gasteiger partial charge in [0.05, 0.1) is 5.56 Å². The van der Waals surface area contributed by atoms with Gasteiger partial charge >= 0.3 is 0 Å². The second-order valence-electron chi connectivity index (χ2n) is 5.78. The van der Waals surface area contributed by atoms with Crippen molar-refractivity contribution in [2.75, 3.05) is 25.0 Å². The van der Waals surface area contributed by atoms with Crippen molar-refractivity contribution in [3.8, 4) is 6.07 Å². The predicted molar refractivity (Wildman–Crippen MR) is 81.7 cm³/mol. The summed E-state index contributed by atoms with van der Waals surface area (Å²) in [7, 11) is 0. The predicted octanol–water partition coefficient (Wildman–Crippen LogP) is 2.93. The highest BCUT2D eigenvalue weighted by atomic mass is 32.1. The third-order valence-corrected chi connectivity index (χ3v) is 4.47. The number of likely N-dealkylation sites (tertiary alicyclic amines) is 1. The van der Waals surface area contributed by atoms with Gasteiger partial charge in [-0.25, -0.2) is 0 Å². The Labute approximate surface area is 124 Å². The van der Waals surface area contributed by atoms with Gasteiger partial charge < -0.3 is 10.2 Å². The lowest BCUT2D eigenvalue weighted by Gasteiger charge is -2.34. The van der Waals surface area contributed by atoms with Gasteiger partial charge in [0.2, 0.25) is 5.91 Å². The standard InChI is InChI=1S/C15H21N3OS/c1-11-7-12(2)10-18(9-11)5-3-14(19)17-15-13(8-16)4-6-20-15/h4,6,11-12H,3,5,7,9-10H2,1-2H3,(H,17,19). The van der Waals surface area contributed by atoms with E-state index in [-0.39, 0.29) is 5.91 Å². The van der Waals surface area contributed by atoms with E-state index in [9.17, 15) is 4.79 Å². The maximum absolute atomic E-state index is 11.9. The summed E-state index contributed by atoms with van der Waals surface area (Å²) >= 11 is 1.40. The number of carbonyl (C=O) groups is 1. The molecule has 1 aliphatic rings. The van der Waals surface area contributed by atoms with Gasteiger partial charge in [-0.1, -0.05) is 13.8 Å². The molecular formula is C15H21N3OS. The fourth-order valence-electron chi connectivity index (χ4n) is 2.92. The summed E-state index contributed by atoms with van der Waals surface area (Å²) in [6, 6.07) is 3.81. The highest BCUT2D eigenvalue weighted by Gasteiger charge is 2.22. The lowest BCUT2D eigenvalue weighted by Crippen LogP contribution is -2.40. The van der Waals surface area contributed by atoms with E-state index in [4.69, 9.17) is 5.26 Å². The maximum atomic E-state index is 11.9. The Morgan fingerprint density at radius 1 is 1.50 bits per heavy atom. The molecule has 2 heterocycles. The molecular weight excluding hydrogens is 270 g/mol. The Kier molecular flexibility index (Phi) is 5.16. The van der Waals surface area contributed by atoms with Crippen molar-refractivity contribution >= 4 is 22.2 Å². The summed E-state index contributed by atoms with van der Waals surface area (Å²) in [5.41, 5.74) is 0.545. The van der Waals surface area contributed by atoms with E-state index in [2.05, 4.69) is 30.1 Å². The molecule has 0 saturated carbocycles. The molecule has 1 fully saturated rings. The topological polar surface area (TPSA) is 56.1 Å². The van der Waals surface area contributed by atoms with Crippen LogP contribution in [0, 0.1) is 23.2 Å². The lowest BCUT2D eigenvalue weighted by atomic mass is 9.92. The molecule has 0 aliphatic carbocycles. The van der Waals surface area contributed by atoms with Crippen LogP contribution >= 0.6 is 11.3 Å². The summed E-state index contributed by atoms with van der Waals surface area (Å²) in [6.07, 6.45) is 1.77. The van der Waals surface area contributed by atoms with Gasteiger partial charge in [0, 0.05) is 26.1 Å².